The third kappa shape index (κ3) is 3.55. The number of amides is 1. The minimum atomic E-state index is -0.989. The number of carbonyl (C=O) groups excluding carboxylic acids is 1. The van der Waals surface area contributed by atoms with Crippen LogP contribution in [0.2, 0.25) is 0 Å². The number of nitrogens with zero attached hydrogens (tertiary/aromatic N) is 1. The van der Waals surface area contributed by atoms with Crippen LogP contribution in [0, 0.1) is 12.8 Å². The number of ether oxygens (including phenoxy) is 1. The van der Waals surface area contributed by atoms with Crippen LogP contribution in [0.3, 0.4) is 0 Å². The summed E-state index contributed by atoms with van der Waals surface area (Å²) < 4.78 is 4.98. The second kappa shape index (κ2) is 7.87. The molecule has 7 nitrogen and oxygen atoms in total. The van der Waals surface area contributed by atoms with Gasteiger partial charge >= 0.3 is 0 Å². The van der Waals surface area contributed by atoms with Gasteiger partial charge in [-0.25, -0.2) is 0 Å². The molecule has 1 amide bonds. The average Bonchev–Trinajstić information content (AvgIpc) is 2.96. The fourth-order valence-electron chi connectivity index (χ4n) is 3.75. The Morgan fingerprint density at radius 1 is 1.38 bits per heavy atom. The summed E-state index contributed by atoms with van der Waals surface area (Å²) in [6, 6.07) is 6.98. The van der Waals surface area contributed by atoms with Crippen LogP contribution in [0.4, 0.5) is 5.69 Å². The van der Waals surface area contributed by atoms with Crippen molar-refractivity contribution in [2.75, 3.05) is 25.2 Å². The Morgan fingerprint density at radius 3 is 2.73 bits per heavy atom. The maximum absolute atomic E-state index is 12.7. The molecule has 0 radical (unpaired) electrons. The van der Waals surface area contributed by atoms with E-state index in [1.807, 2.05) is 36.1 Å². The molecule has 1 aromatic rings. The maximum Gasteiger partial charge on any atom is 0.225 e. The first-order valence-corrected chi connectivity index (χ1v) is 9.14. The molecule has 4 N–H and O–H groups in total. The second-order valence-electron chi connectivity index (χ2n) is 6.86. The molecule has 1 heterocycles. The fourth-order valence-corrected chi connectivity index (χ4v) is 4.12. The van der Waals surface area contributed by atoms with Gasteiger partial charge in [0.2, 0.25) is 5.91 Å². The van der Waals surface area contributed by atoms with Crippen molar-refractivity contribution in [3.63, 3.8) is 0 Å². The van der Waals surface area contributed by atoms with Gasteiger partial charge < -0.3 is 30.5 Å². The van der Waals surface area contributed by atoms with E-state index in [9.17, 15) is 15.0 Å². The number of hydrogen-bond donors (Lipinski definition) is 4. The zero-order chi connectivity index (χ0) is 18.8. The molecule has 5 atom stereocenters. The van der Waals surface area contributed by atoms with E-state index in [0.717, 1.165) is 11.3 Å². The molecule has 2 aliphatic rings. The second-order valence-corrected chi connectivity index (χ2v) is 7.24. The lowest BCUT2D eigenvalue weighted by Crippen LogP contribution is -2.61. The maximum atomic E-state index is 12.7. The third-order valence-electron chi connectivity index (χ3n) is 5.10. The van der Waals surface area contributed by atoms with E-state index < -0.39 is 24.2 Å². The van der Waals surface area contributed by atoms with Gasteiger partial charge in [0.05, 0.1) is 30.7 Å². The molecule has 1 saturated carbocycles. The molecule has 0 bridgehead atoms. The molecule has 1 aliphatic carbocycles. The number of anilines is 1. The Bertz CT molecular complexity index is 669. The van der Waals surface area contributed by atoms with Gasteiger partial charge in [0, 0.05) is 19.3 Å². The topological polar surface area (TPSA) is 94.1 Å². The number of rotatable bonds is 5. The summed E-state index contributed by atoms with van der Waals surface area (Å²) >= 11 is 5.48. The van der Waals surface area contributed by atoms with Crippen LogP contribution < -0.4 is 15.5 Å². The van der Waals surface area contributed by atoms with Crippen molar-refractivity contribution in [1.82, 2.24) is 10.6 Å². The third-order valence-corrected chi connectivity index (χ3v) is 5.41. The molecule has 0 aromatic heterocycles. The SMILES string of the molecule is COCCNC(=O)C1CC(O)C(O)C2NC(=S)N(c3ccc(C)cc3)C12. The number of carbonyl (C=O) groups is 1. The highest BCUT2D eigenvalue weighted by Gasteiger charge is 2.53. The van der Waals surface area contributed by atoms with Crippen LogP contribution in [0.5, 0.6) is 0 Å². The van der Waals surface area contributed by atoms with Crippen LogP contribution in [0.15, 0.2) is 24.3 Å². The van der Waals surface area contributed by atoms with Crippen molar-refractivity contribution in [3.8, 4) is 0 Å². The van der Waals surface area contributed by atoms with E-state index in [2.05, 4.69) is 10.6 Å². The summed E-state index contributed by atoms with van der Waals surface area (Å²) in [4.78, 5) is 14.6. The van der Waals surface area contributed by atoms with Gasteiger partial charge in [-0.05, 0) is 37.7 Å². The van der Waals surface area contributed by atoms with Gasteiger partial charge in [0.1, 0.15) is 6.10 Å². The lowest BCUT2D eigenvalue weighted by Gasteiger charge is -2.41. The zero-order valence-corrected chi connectivity index (χ0v) is 15.7. The van der Waals surface area contributed by atoms with E-state index in [1.165, 1.54) is 0 Å². The van der Waals surface area contributed by atoms with Crippen molar-refractivity contribution < 1.29 is 19.7 Å². The van der Waals surface area contributed by atoms with Crippen LogP contribution >= 0.6 is 12.2 Å². The number of nitrogens with one attached hydrogen (secondary N) is 2. The zero-order valence-electron chi connectivity index (χ0n) is 14.9. The van der Waals surface area contributed by atoms with Crippen LogP contribution in [0.25, 0.3) is 0 Å². The lowest BCUT2D eigenvalue weighted by atomic mass is 9.77. The highest BCUT2D eigenvalue weighted by Crippen LogP contribution is 2.36. The first-order valence-electron chi connectivity index (χ1n) is 8.73. The van der Waals surface area contributed by atoms with Gasteiger partial charge in [0.15, 0.2) is 5.11 Å². The standard InChI is InChI=1S/C18H25N3O4S/c1-10-3-5-11(6-4-10)21-15-12(17(24)19-7-8-25-2)9-13(22)16(23)14(15)20-18(21)26/h3-6,12-16,22-23H,7-9H2,1-2H3,(H,19,24)(H,20,26). The summed E-state index contributed by atoms with van der Waals surface area (Å²) in [6.07, 6.45) is -1.80. The van der Waals surface area contributed by atoms with Gasteiger partial charge in [-0.1, -0.05) is 17.7 Å². The summed E-state index contributed by atoms with van der Waals surface area (Å²) in [5, 5.41) is 27.1. The molecule has 1 aromatic carbocycles. The molecule has 26 heavy (non-hydrogen) atoms. The monoisotopic (exact) mass is 379 g/mol. The predicted molar refractivity (Wildman–Crippen MR) is 102 cm³/mol. The number of aryl methyl sites for hydroxylation is 1. The van der Waals surface area contributed by atoms with E-state index in [1.54, 1.807) is 7.11 Å². The minimum absolute atomic E-state index is 0.174. The number of fused-ring (bicyclic) bond motifs is 1. The van der Waals surface area contributed by atoms with Crippen molar-refractivity contribution in [2.24, 2.45) is 5.92 Å². The van der Waals surface area contributed by atoms with Crippen molar-refractivity contribution in [3.05, 3.63) is 29.8 Å². The number of hydrogen-bond acceptors (Lipinski definition) is 5. The minimum Gasteiger partial charge on any atom is -0.390 e. The quantitative estimate of drug-likeness (QED) is 0.420. The number of aliphatic hydroxyl groups is 2. The van der Waals surface area contributed by atoms with E-state index in [-0.39, 0.29) is 18.4 Å². The Kier molecular flexibility index (Phi) is 5.76. The first kappa shape index (κ1) is 19.0. The summed E-state index contributed by atoms with van der Waals surface area (Å²) in [5.74, 6) is -0.684. The highest BCUT2D eigenvalue weighted by atomic mass is 32.1. The molecule has 1 aliphatic heterocycles. The fraction of sp³-hybridized carbons (Fsp3) is 0.556. The molecule has 0 spiro atoms. The van der Waals surface area contributed by atoms with Gasteiger partial charge in [-0.2, -0.15) is 0 Å². The van der Waals surface area contributed by atoms with Gasteiger partial charge in [-0.15, -0.1) is 0 Å². The van der Waals surface area contributed by atoms with Crippen molar-refractivity contribution in [2.45, 2.75) is 37.6 Å². The van der Waals surface area contributed by atoms with Crippen LogP contribution in [0.1, 0.15) is 12.0 Å². The number of thiocarbonyl (C=S) groups is 1. The molecule has 3 rings (SSSR count). The normalized spacial score (nSPS) is 30.7. The number of methoxy groups -OCH3 is 1. The smallest absolute Gasteiger partial charge is 0.225 e. The Hall–Kier alpha value is -1.74. The first-order chi connectivity index (χ1) is 12.4. The highest BCUT2D eigenvalue weighted by molar-refractivity contribution is 7.80. The Morgan fingerprint density at radius 2 is 2.08 bits per heavy atom. The largest absolute Gasteiger partial charge is 0.390 e. The summed E-state index contributed by atoms with van der Waals surface area (Å²) in [5.41, 5.74) is 1.98. The molecular formula is C18H25N3O4S. The molecule has 142 valence electrons. The average molecular weight is 379 g/mol. The van der Waals surface area contributed by atoms with Crippen LogP contribution in [-0.4, -0.2) is 65.8 Å². The van der Waals surface area contributed by atoms with Gasteiger partial charge in [0.25, 0.3) is 0 Å². The van der Waals surface area contributed by atoms with E-state index in [0.29, 0.717) is 18.3 Å². The molecule has 5 unspecified atom stereocenters. The van der Waals surface area contributed by atoms with E-state index >= 15 is 0 Å². The predicted octanol–water partition coefficient (Wildman–Crippen LogP) is -0.0690. The lowest BCUT2D eigenvalue weighted by molar-refractivity contribution is -0.131. The van der Waals surface area contributed by atoms with Crippen molar-refractivity contribution >= 4 is 28.9 Å². The van der Waals surface area contributed by atoms with Gasteiger partial charge in [-0.3, -0.25) is 4.79 Å². The van der Waals surface area contributed by atoms with Crippen molar-refractivity contribution in [1.29, 1.82) is 0 Å². The number of benzene rings is 1. The summed E-state index contributed by atoms with van der Waals surface area (Å²) in [6.45, 7) is 2.81. The molecule has 8 heteroatoms. The number of aliphatic hydroxyl groups excluding tert-OH is 2. The molecular weight excluding hydrogens is 354 g/mol. The Balaban J connectivity index is 1.90. The molecule has 1 saturated heterocycles. The molecule has 2 fully saturated rings. The Labute approximate surface area is 158 Å². The van der Waals surface area contributed by atoms with Crippen LogP contribution in [-0.2, 0) is 9.53 Å². The van der Waals surface area contributed by atoms with E-state index in [4.69, 9.17) is 17.0 Å². The summed E-state index contributed by atoms with van der Waals surface area (Å²) in [7, 11) is 1.57.